The van der Waals surface area contributed by atoms with Gasteiger partial charge in [0, 0.05) is 6.04 Å². The highest BCUT2D eigenvalue weighted by Crippen LogP contribution is 2.43. The Balaban J connectivity index is 1.27. The van der Waals surface area contributed by atoms with Crippen molar-refractivity contribution in [3.63, 3.8) is 0 Å². The molecule has 5 rings (SSSR count). The Kier molecular flexibility index (Phi) is 6.44. The number of anilines is 1. The number of nitrogens with one attached hydrogen (secondary N) is 2. The largest absolute Gasteiger partial charge is 0.367 e. The molecule has 1 saturated carbocycles. The molecule has 4 heterocycles. The molecule has 0 radical (unpaired) electrons. The molecule has 172 valence electrons. The first-order chi connectivity index (χ1) is 15.6. The van der Waals surface area contributed by atoms with E-state index in [1.807, 2.05) is 0 Å². The summed E-state index contributed by atoms with van der Waals surface area (Å²) in [5, 5.41) is 22.1. The van der Waals surface area contributed by atoms with Gasteiger partial charge in [-0.05, 0) is 37.3 Å². The maximum absolute atomic E-state index is 9.62. The van der Waals surface area contributed by atoms with Crippen molar-refractivity contribution in [1.82, 2.24) is 40.4 Å². The highest BCUT2D eigenvalue weighted by atomic mass is 35.5. The minimum Gasteiger partial charge on any atom is -0.367 e. The number of halogens is 1. The van der Waals surface area contributed by atoms with E-state index in [-0.39, 0.29) is 30.0 Å². The smallest absolute Gasteiger partial charge is 0.226 e. The summed E-state index contributed by atoms with van der Waals surface area (Å²) >= 11 is 6.21. The molecule has 0 spiro atoms. The number of nitrogens with zero attached hydrogens (tertiary/aromatic N) is 7. The summed E-state index contributed by atoms with van der Waals surface area (Å²) in [6.45, 7) is 0.138. The van der Waals surface area contributed by atoms with Crippen molar-refractivity contribution in [2.24, 2.45) is 0 Å². The lowest BCUT2D eigenvalue weighted by Crippen LogP contribution is -2.19. The number of H-pyrrole nitrogens is 1. The van der Waals surface area contributed by atoms with Gasteiger partial charge in [-0.1, -0.05) is 18.1 Å². The SMILES string of the molecule is OP(O)C(OCC1CCC(n2ncc3c(NC4CCCC4)nc(Cl)nc32)O1)c1nn[nH]n1. The maximum Gasteiger partial charge on any atom is 0.226 e. The number of tetrazole rings is 1. The zero-order valence-electron chi connectivity index (χ0n) is 17.0. The molecule has 0 bridgehead atoms. The highest BCUT2D eigenvalue weighted by molar-refractivity contribution is 7.45. The van der Waals surface area contributed by atoms with E-state index in [0.29, 0.717) is 30.3 Å². The van der Waals surface area contributed by atoms with Gasteiger partial charge in [0.25, 0.3) is 0 Å². The molecule has 3 aromatic rings. The first-order valence-electron chi connectivity index (χ1n) is 10.4. The molecule has 4 N–H and O–H groups in total. The fourth-order valence-corrected chi connectivity index (χ4v) is 4.89. The monoisotopic (exact) mass is 483 g/mol. The van der Waals surface area contributed by atoms with Crippen molar-refractivity contribution < 1.29 is 19.3 Å². The van der Waals surface area contributed by atoms with Crippen LogP contribution >= 0.6 is 20.0 Å². The van der Waals surface area contributed by atoms with E-state index < -0.39 is 14.2 Å². The molecule has 3 unspecified atom stereocenters. The van der Waals surface area contributed by atoms with Gasteiger partial charge in [0.1, 0.15) is 5.82 Å². The van der Waals surface area contributed by atoms with E-state index in [4.69, 9.17) is 21.1 Å². The average molecular weight is 484 g/mol. The summed E-state index contributed by atoms with van der Waals surface area (Å²) in [5.41, 5.74) is 0.607. The number of hydrogen-bond donors (Lipinski definition) is 4. The normalized spacial score (nSPS) is 22.9. The maximum atomic E-state index is 9.62. The molecule has 3 atom stereocenters. The molecule has 1 aliphatic carbocycles. The van der Waals surface area contributed by atoms with Gasteiger partial charge in [-0.2, -0.15) is 20.3 Å². The van der Waals surface area contributed by atoms with Gasteiger partial charge >= 0.3 is 0 Å². The summed E-state index contributed by atoms with van der Waals surface area (Å²) in [5.74, 6) is -0.284. The Morgan fingerprint density at radius 3 is 2.88 bits per heavy atom. The molecule has 2 aliphatic rings. The fraction of sp³-hybridized carbons (Fsp3) is 0.647. The Morgan fingerprint density at radius 2 is 2.12 bits per heavy atom. The summed E-state index contributed by atoms with van der Waals surface area (Å²) in [6.07, 6.45) is 7.15. The number of aromatic amines is 1. The Bertz CT molecular complexity index is 1050. The lowest BCUT2D eigenvalue weighted by atomic mass is 10.2. The summed E-state index contributed by atoms with van der Waals surface area (Å²) in [6, 6.07) is 0.382. The van der Waals surface area contributed by atoms with Crippen LogP contribution < -0.4 is 5.32 Å². The summed E-state index contributed by atoms with van der Waals surface area (Å²) < 4.78 is 13.4. The van der Waals surface area contributed by atoms with Crippen LogP contribution in [0.2, 0.25) is 5.28 Å². The van der Waals surface area contributed by atoms with Crippen LogP contribution in [-0.2, 0) is 9.47 Å². The predicted molar refractivity (Wildman–Crippen MR) is 114 cm³/mol. The van der Waals surface area contributed by atoms with Gasteiger partial charge in [0.2, 0.25) is 19.5 Å². The lowest BCUT2D eigenvalue weighted by molar-refractivity contribution is -0.0527. The van der Waals surface area contributed by atoms with Gasteiger partial charge in [-0.15, -0.1) is 10.2 Å². The van der Waals surface area contributed by atoms with Crippen LogP contribution in [0.1, 0.15) is 56.4 Å². The summed E-state index contributed by atoms with van der Waals surface area (Å²) in [7, 11) is -2.44. The van der Waals surface area contributed by atoms with Crippen molar-refractivity contribution >= 4 is 36.8 Å². The first-order valence-corrected chi connectivity index (χ1v) is 12.1. The second kappa shape index (κ2) is 9.46. The van der Waals surface area contributed by atoms with Crippen LogP contribution in [0, 0.1) is 0 Å². The third-order valence-corrected chi connectivity index (χ3v) is 6.68. The van der Waals surface area contributed by atoms with Crippen molar-refractivity contribution in [1.29, 1.82) is 0 Å². The van der Waals surface area contributed by atoms with Crippen molar-refractivity contribution in [3.05, 3.63) is 17.3 Å². The number of ether oxygens (including phenoxy) is 2. The van der Waals surface area contributed by atoms with Crippen LogP contribution in [-0.4, -0.2) is 68.9 Å². The number of fused-ring (bicyclic) bond motifs is 1. The fourth-order valence-electron chi connectivity index (χ4n) is 4.19. The highest BCUT2D eigenvalue weighted by Gasteiger charge is 2.32. The average Bonchev–Trinajstić information content (AvgIpc) is 3.55. The van der Waals surface area contributed by atoms with Crippen LogP contribution in [0.4, 0.5) is 5.82 Å². The number of hydrogen-bond acceptors (Lipinski definition) is 11. The third kappa shape index (κ3) is 4.54. The minimum atomic E-state index is -2.44. The van der Waals surface area contributed by atoms with E-state index in [2.05, 4.69) is 41.0 Å². The molecule has 1 aliphatic heterocycles. The van der Waals surface area contributed by atoms with Crippen molar-refractivity contribution in [2.75, 3.05) is 11.9 Å². The van der Waals surface area contributed by atoms with Crippen LogP contribution in [0.5, 0.6) is 0 Å². The molecule has 0 amide bonds. The Labute approximate surface area is 188 Å². The van der Waals surface area contributed by atoms with Crippen LogP contribution in [0.25, 0.3) is 11.0 Å². The van der Waals surface area contributed by atoms with E-state index in [1.54, 1.807) is 10.9 Å². The van der Waals surface area contributed by atoms with E-state index in [1.165, 1.54) is 12.8 Å². The minimum absolute atomic E-state index is 0.0855. The molecule has 3 aromatic heterocycles. The summed E-state index contributed by atoms with van der Waals surface area (Å²) in [4.78, 5) is 28.0. The number of rotatable bonds is 8. The number of aromatic nitrogens is 8. The second-order valence-corrected chi connectivity index (χ2v) is 9.31. The molecule has 15 heteroatoms. The molecular weight excluding hydrogens is 461 g/mol. The van der Waals surface area contributed by atoms with Gasteiger partial charge in [0.15, 0.2) is 17.7 Å². The van der Waals surface area contributed by atoms with Gasteiger partial charge in [0.05, 0.1) is 24.3 Å². The lowest BCUT2D eigenvalue weighted by Gasteiger charge is -2.19. The molecule has 13 nitrogen and oxygen atoms in total. The third-order valence-electron chi connectivity index (χ3n) is 5.71. The van der Waals surface area contributed by atoms with Gasteiger partial charge < -0.3 is 24.6 Å². The molecule has 32 heavy (non-hydrogen) atoms. The predicted octanol–water partition coefficient (Wildman–Crippen LogP) is 2.04. The molecule has 1 saturated heterocycles. The van der Waals surface area contributed by atoms with E-state index >= 15 is 0 Å². The van der Waals surface area contributed by atoms with E-state index in [0.717, 1.165) is 18.2 Å². The quantitative estimate of drug-likeness (QED) is 0.273. The zero-order valence-corrected chi connectivity index (χ0v) is 18.7. The van der Waals surface area contributed by atoms with Crippen molar-refractivity contribution in [2.45, 2.75) is 62.7 Å². The Hall–Kier alpha value is -2.02. The molecule has 2 fully saturated rings. The van der Waals surface area contributed by atoms with Crippen molar-refractivity contribution in [3.8, 4) is 0 Å². The van der Waals surface area contributed by atoms with Crippen LogP contribution in [0.3, 0.4) is 0 Å². The van der Waals surface area contributed by atoms with Gasteiger partial charge in [-0.25, -0.2) is 4.68 Å². The molecule has 0 aromatic carbocycles. The van der Waals surface area contributed by atoms with Crippen LogP contribution in [0.15, 0.2) is 6.20 Å². The Morgan fingerprint density at radius 1 is 1.28 bits per heavy atom. The standard InChI is InChI=1S/C17H23ClN9O4P/c18-17-21-13(20-9-3-1-2-4-9)11-7-19-27(15(11)22-17)12-6-5-10(31-12)8-30-16(32(28)29)14-23-25-26-24-14/h7,9-10,12,16,28-29H,1-6,8H2,(H,20,21,22)(H,23,24,25,26). The first kappa shape index (κ1) is 21.8. The topological polar surface area (TPSA) is 169 Å². The van der Waals surface area contributed by atoms with Gasteiger partial charge in [-0.3, -0.25) is 0 Å². The zero-order chi connectivity index (χ0) is 22.1. The second-order valence-electron chi connectivity index (χ2n) is 7.86. The molecular formula is C17H23ClN9O4P. The van der Waals surface area contributed by atoms with E-state index in [9.17, 15) is 9.79 Å².